The zero-order valence-corrected chi connectivity index (χ0v) is 9.76. The lowest BCUT2D eigenvalue weighted by molar-refractivity contribution is 0.541. The molecule has 72 valence electrons. The largest absolute Gasteiger partial charge is 0.313 e. The van der Waals surface area contributed by atoms with E-state index in [-0.39, 0.29) is 0 Å². The van der Waals surface area contributed by atoms with Gasteiger partial charge in [0.05, 0.1) is 0 Å². The lowest BCUT2D eigenvalue weighted by atomic mass is 10.0. The van der Waals surface area contributed by atoms with Gasteiger partial charge in [0.1, 0.15) is 0 Å². The molecule has 0 spiro atoms. The number of halogens is 1. The average molecular weight is 242 g/mol. The Hall–Kier alpha value is -0.340. The third kappa shape index (κ3) is 3.12. The normalized spacial score (nSPS) is 12.8. The fraction of sp³-hybridized carbons (Fsp3) is 0.455. The lowest BCUT2D eigenvalue weighted by Gasteiger charge is -2.15. The summed E-state index contributed by atoms with van der Waals surface area (Å²) < 4.78 is 1.14. The lowest BCUT2D eigenvalue weighted by Crippen LogP contribution is -2.15. The maximum absolute atomic E-state index is 3.44. The highest BCUT2D eigenvalue weighted by molar-refractivity contribution is 9.10. The van der Waals surface area contributed by atoms with Gasteiger partial charge in [-0.05, 0) is 31.2 Å². The molecule has 13 heavy (non-hydrogen) atoms. The van der Waals surface area contributed by atoms with Crippen LogP contribution in [-0.2, 0) is 0 Å². The van der Waals surface area contributed by atoms with Gasteiger partial charge in [0.15, 0.2) is 0 Å². The van der Waals surface area contributed by atoms with Crippen LogP contribution < -0.4 is 5.32 Å². The third-order valence-corrected chi connectivity index (χ3v) is 2.73. The Morgan fingerprint density at radius 3 is 2.38 bits per heavy atom. The van der Waals surface area contributed by atoms with Gasteiger partial charge in [0.25, 0.3) is 0 Å². The molecule has 0 aliphatic carbocycles. The Morgan fingerprint density at radius 2 is 1.92 bits per heavy atom. The average Bonchev–Trinajstić information content (AvgIpc) is 2.16. The van der Waals surface area contributed by atoms with E-state index < -0.39 is 0 Å². The van der Waals surface area contributed by atoms with Gasteiger partial charge >= 0.3 is 0 Å². The quantitative estimate of drug-likeness (QED) is 0.851. The van der Waals surface area contributed by atoms with Crippen LogP contribution in [0.1, 0.15) is 31.4 Å². The SMILES string of the molecule is CCCC(NC)c1ccc(Br)cc1. The van der Waals surface area contributed by atoms with Crippen molar-refractivity contribution in [3.05, 3.63) is 34.3 Å². The third-order valence-electron chi connectivity index (χ3n) is 2.20. The summed E-state index contributed by atoms with van der Waals surface area (Å²) in [5.41, 5.74) is 1.37. The van der Waals surface area contributed by atoms with E-state index in [0.29, 0.717) is 6.04 Å². The van der Waals surface area contributed by atoms with Crippen LogP contribution in [0.15, 0.2) is 28.7 Å². The van der Waals surface area contributed by atoms with E-state index in [1.54, 1.807) is 0 Å². The molecule has 1 rings (SSSR count). The predicted octanol–water partition coefficient (Wildman–Crippen LogP) is 3.51. The number of benzene rings is 1. The summed E-state index contributed by atoms with van der Waals surface area (Å²) in [6, 6.07) is 9.02. The molecule has 1 aromatic rings. The molecule has 0 heterocycles. The van der Waals surface area contributed by atoms with E-state index in [4.69, 9.17) is 0 Å². The van der Waals surface area contributed by atoms with Crippen LogP contribution in [-0.4, -0.2) is 7.05 Å². The molecule has 2 heteroatoms. The van der Waals surface area contributed by atoms with E-state index >= 15 is 0 Å². The Bertz CT molecular complexity index is 243. The molecule has 0 radical (unpaired) electrons. The van der Waals surface area contributed by atoms with Crippen molar-refractivity contribution in [3.63, 3.8) is 0 Å². The molecule has 0 aliphatic rings. The number of hydrogen-bond donors (Lipinski definition) is 1. The van der Waals surface area contributed by atoms with Crippen LogP contribution in [0.3, 0.4) is 0 Å². The van der Waals surface area contributed by atoms with E-state index in [1.165, 1.54) is 18.4 Å². The first-order chi connectivity index (χ1) is 6.27. The van der Waals surface area contributed by atoms with Gasteiger partial charge in [0, 0.05) is 10.5 Å². The van der Waals surface area contributed by atoms with E-state index in [1.807, 2.05) is 7.05 Å². The van der Waals surface area contributed by atoms with Crippen LogP contribution in [0.25, 0.3) is 0 Å². The minimum absolute atomic E-state index is 0.498. The topological polar surface area (TPSA) is 12.0 Å². The van der Waals surface area contributed by atoms with Gasteiger partial charge in [0.2, 0.25) is 0 Å². The van der Waals surface area contributed by atoms with Crippen molar-refractivity contribution >= 4 is 15.9 Å². The zero-order valence-electron chi connectivity index (χ0n) is 8.18. The van der Waals surface area contributed by atoms with E-state index in [2.05, 4.69) is 52.4 Å². The molecule has 0 amide bonds. The Labute approximate surface area is 88.7 Å². The number of nitrogens with one attached hydrogen (secondary N) is 1. The van der Waals surface area contributed by atoms with Gasteiger partial charge in [-0.25, -0.2) is 0 Å². The van der Waals surface area contributed by atoms with Crippen molar-refractivity contribution in [2.75, 3.05) is 7.05 Å². The molecular formula is C11H16BrN. The van der Waals surface area contributed by atoms with Crippen molar-refractivity contribution in [2.24, 2.45) is 0 Å². The Kier molecular flexibility index (Phi) is 4.46. The first-order valence-corrected chi connectivity index (χ1v) is 5.50. The van der Waals surface area contributed by atoms with Gasteiger partial charge in [-0.15, -0.1) is 0 Å². The highest BCUT2D eigenvalue weighted by Crippen LogP contribution is 2.20. The molecule has 0 bridgehead atoms. The van der Waals surface area contributed by atoms with Crippen molar-refractivity contribution in [3.8, 4) is 0 Å². The summed E-state index contributed by atoms with van der Waals surface area (Å²) in [5, 5.41) is 3.32. The predicted molar refractivity (Wildman–Crippen MR) is 60.9 cm³/mol. The van der Waals surface area contributed by atoms with E-state index in [0.717, 1.165) is 4.47 Å². The second kappa shape index (κ2) is 5.40. The van der Waals surface area contributed by atoms with Crippen LogP contribution in [0.5, 0.6) is 0 Å². The summed E-state index contributed by atoms with van der Waals surface area (Å²) in [7, 11) is 2.02. The minimum atomic E-state index is 0.498. The summed E-state index contributed by atoms with van der Waals surface area (Å²) in [6.07, 6.45) is 2.40. The van der Waals surface area contributed by atoms with Crippen molar-refractivity contribution in [2.45, 2.75) is 25.8 Å². The molecule has 0 saturated heterocycles. The fourth-order valence-corrected chi connectivity index (χ4v) is 1.73. The molecule has 1 aromatic carbocycles. The van der Waals surface area contributed by atoms with Gasteiger partial charge in [-0.3, -0.25) is 0 Å². The van der Waals surface area contributed by atoms with Crippen LogP contribution in [0, 0.1) is 0 Å². The monoisotopic (exact) mass is 241 g/mol. The Morgan fingerprint density at radius 1 is 1.31 bits per heavy atom. The van der Waals surface area contributed by atoms with E-state index in [9.17, 15) is 0 Å². The molecule has 0 fully saturated rings. The van der Waals surface area contributed by atoms with Crippen LogP contribution in [0.2, 0.25) is 0 Å². The maximum Gasteiger partial charge on any atom is 0.0317 e. The molecule has 0 saturated carbocycles. The highest BCUT2D eigenvalue weighted by atomic mass is 79.9. The first kappa shape index (κ1) is 10.7. The summed E-state index contributed by atoms with van der Waals surface area (Å²) >= 11 is 3.44. The molecule has 0 aromatic heterocycles. The first-order valence-electron chi connectivity index (χ1n) is 4.70. The summed E-state index contributed by atoms with van der Waals surface area (Å²) in [4.78, 5) is 0. The van der Waals surface area contributed by atoms with Crippen molar-refractivity contribution in [1.29, 1.82) is 0 Å². The minimum Gasteiger partial charge on any atom is -0.313 e. The molecule has 1 nitrogen and oxygen atoms in total. The number of hydrogen-bond acceptors (Lipinski definition) is 1. The van der Waals surface area contributed by atoms with Crippen molar-refractivity contribution < 1.29 is 0 Å². The Balaban J connectivity index is 2.73. The zero-order chi connectivity index (χ0) is 9.68. The fourth-order valence-electron chi connectivity index (χ4n) is 1.46. The van der Waals surface area contributed by atoms with Gasteiger partial charge in [-0.2, -0.15) is 0 Å². The van der Waals surface area contributed by atoms with Crippen molar-refractivity contribution in [1.82, 2.24) is 5.32 Å². The van der Waals surface area contributed by atoms with Crippen LogP contribution in [0.4, 0.5) is 0 Å². The summed E-state index contributed by atoms with van der Waals surface area (Å²) in [5.74, 6) is 0. The maximum atomic E-state index is 3.44. The second-order valence-electron chi connectivity index (χ2n) is 3.18. The second-order valence-corrected chi connectivity index (χ2v) is 4.10. The van der Waals surface area contributed by atoms with Crippen LogP contribution >= 0.6 is 15.9 Å². The smallest absolute Gasteiger partial charge is 0.0317 e. The summed E-state index contributed by atoms with van der Waals surface area (Å²) in [6.45, 7) is 2.21. The van der Waals surface area contributed by atoms with Gasteiger partial charge < -0.3 is 5.32 Å². The molecule has 1 N–H and O–H groups in total. The molecule has 1 unspecified atom stereocenters. The van der Waals surface area contributed by atoms with Gasteiger partial charge in [-0.1, -0.05) is 41.4 Å². The molecular weight excluding hydrogens is 226 g/mol. The molecule has 0 aliphatic heterocycles. The highest BCUT2D eigenvalue weighted by Gasteiger charge is 2.06. The molecule has 1 atom stereocenters. The number of rotatable bonds is 4. The standard InChI is InChI=1S/C11H16BrN/c1-3-4-11(13-2)9-5-7-10(12)8-6-9/h5-8,11,13H,3-4H2,1-2H3.